The fourth-order valence-corrected chi connectivity index (χ4v) is 2.52. The summed E-state index contributed by atoms with van der Waals surface area (Å²) in [5.74, 6) is 2.79. The number of ether oxygens (including phenoxy) is 4. The third-order valence-electron chi connectivity index (χ3n) is 3.64. The minimum absolute atomic E-state index is 0.215. The van der Waals surface area contributed by atoms with Crippen LogP contribution in [0.25, 0.3) is 0 Å². The maximum atomic E-state index is 9.34. The normalized spacial score (nSPS) is 15.2. The highest BCUT2D eigenvalue weighted by atomic mass is 16.7. The molecule has 2 aromatic rings. The first kappa shape index (κ1) is 12.8. The molecule has 0 aliphatic carbocycles. The second-order valence-corrected chi connectivity index (χ2v) is 4.98. The van der Waals surface area contributed by atoms with E-state index in [0.717, 1.165) is 16.9 Å². The van der Waals surface area contributed by atoms with Crippen molar-refractivity contribution in [2.24, 2.45) is 5.16 Å². The summed E-state index contributed by atoms with van der Waals surface area (Å²) in [5.41, 5.74) is 2.29. The van der Waals surface area contributed by atoms with Gasteiger partial charge in [0.15, 0.2) is 23.0 Å². The number of hydrogen-bond donors (Lipinski definition) is 1. The highest BCUT2D eigenvalue weighted by Crippen LogP contribution is 2.34. The summed E-state index contributed by atoms with van der Waals surface area (Å²) in [6.45, 7) is 0.453. The Morgan fingerprint density at radius 2 is 1.50 bits per heavy atom. The Kier molecular flexibility index (Phi) is 3.00. The molecule has 112 valence electrons. The lowest BCUT2D eigenvalue weighted by Crippen LogP contribution is -2.05. The predicted molar refractivity (Wildman–Crippen MR) is 77.2 cm³/mol. The first-order valence-electron chi connectivity index (χ1n) is 6.83. The van der Waals surface area contributed by atoms with Crippen molar-refractivity contribution in [1.29, 1.82) is 0 Å². The van der Waals surface area contributed by atoms with Gasteiger partial charge in [-0.3, -0.25) is 0 Å². The van der Waals surface area contributed by atoms with Gasteiger partial charge in [-0.1, -0.05) is 11.2 Å². The van der Waals surface area contributed by atoms with E-state index in [-0.39, 0.29) is 13.6 Å². The van der Waals surface area contributed by atoms with Gasteiger partial charge in [-0.05, 0) is 35.9 Å². The number of rotatable bonds is 3. The number of hydrogen-bond acceptors (Lipinski definition) is 6. The molecule has 2 aliphatic rings. The summed E-state index contributed by atoms with van der Waals surface area (Å²) in [6.07, 6.45) is 0.465. The average Bonchev–Trinajstić information content (AvgIpc) is 3.19. The van der Waals surface area contributed by atoms with Gasteiger partial charge in [-0.2, -0.15) is 0 Å². The van der Waals surface area contributed by atoms with Crippen molar-refractivity contribution in [2.45, 2.75) is 6.42 Å². The molecule has 2 aliphatic heterocycles. The standard InChI is InChI=1S/C16H13NO5/c18-17-12(11-2-4-14-16(7-11)22-9-20-14)5-10-1-3-13-15(6-10)21-8-19-13/h1-4,6-7,18H,5,8-9H2/b17-12-. The monoisotopic (exact) mass is 299 g/mol. The second kappa shape index (κ2) is 5.14. The zero-order chi connectivity index (χ0) is 14.9. The van der Waals surface area contributed by atoms with Crippen LogP contribution in [0.4, 0.5) is 0 Å². The highest BCUT2D eigenvalue weighted by Gasteiger charge is 2.17. The molecule has 0 bridgehead atoms. The summed E-state index contributed by atoms with van der Waals surface area (Å²) in [4.78, 5) is 0. The minimum Gasteiger partial charge on any atom is -0.454 e. The van der Waals surface area contributed by atoms with E-state index in [1.165, 1.54) is 0 Å². The topological polar surface area (TPSA) is 69.5 Å². The Balaban J connectivity index is 1.60. The summed E-state index contributed by atoms with van der Waals surface area (Å²) < 4.78 is 21.3. The third kappa shape index (κ3) is 2.18. The van der Waals surface area contributed by atoms with E-state index < -0.39 is 0 Å². The van der Waals surface area contributed by atoms with Crippen LogP contribution in [0.15, 0.2) is 41.6 Å². The molecule has 0 saturated carbocycles. The van der Waals surface area contributed by atoms with Crippen LogP contribution in [0.2, 0.25) is 0 Å². The summed E-state index contributed by atoms with van der Waals surface area (Å²) >= 11 is 0. The molecule has 6 nitrogen and oxygen atoms in total. The van der Waals surface area contributed by atoms with Gasteiger partial charge in [0, 0.05) is 12.0 Å². The van der Waals surface area contributed by atoms with Crippen molar-refractivity contribution in [3.8, 4) is 23.0 Å². The van der Waals surface area contributed by atoms with Gasteiger partial charge >= 0.3 is 0 Å². The Hall–Kier alpha value is -2.89. The zero-order valence-corrected chi connectivity index (χ0v) is 11.6. The van der Waals surface area contributed by atoms with E-state index in [1.54, 1.807) is 0 Å². The van der Waals surface area contributed by atoms with Gasteiger partial charge in [-0.25, -0.2) is 0 Å². The smallest absolute Gasteiger partial charge is 0.231 e. The molecule has 0 amide bonds. The summed E-state index contributed by atoms with van der Waals surface area (Å²) in [6, 6.07) is 11.1. The fraction of sp³-hybridized carbons (Fsp3) is 0.188. The van der Waals surface area contributed by atoms with Crippen LogP contribution in [0.5, 0.6) is 23.0 Å². The number of fused-ring (bicyclic) bond motifs is 2. The van der Waals surface area contributed by atoms with E-state index in [2.05, 4.69) is 5.16 Å². The van der Waals surface area contributed by atoms with Gasteiger partial charge < -0.3 is 24.2 Å². The maximum Gasteiger partial charge on any atom is 0.231 e. The number of benzene rings is 2. The molecular formula is C16H13NO5. The lowest BCUT2D eigenvalue weighted by atomic mass is 10.0. The van der Waals surface area contributed by atoms with Crippen LogP contribution in [0.3, 0.4) is 0 Å². The molecule has 0 atom stereocenters. The van der Waals surface area contributed by atoms with Crippen molar-refractivity contribution in [3.05, 3.63) is 47.5 Å². The van der Waals surface area contributed by atoms with Crippen molar-refractivity contribution in [2.75, 3.05) is 13.6 Å². The molecular weight excluding hydrogens is 286 g/mol. The van der Waals surface area contributed by atoms with Crippen LogP contribution < -0.4 is 18.9 Å². The van der Waals surface area contributed by atoms with Crippen LogP contribution in [0, 0.1) is 0 Å². The lowest BCUT2D eigenvalue weighted by Gasteiger charge is -2.07. The molecule has 0 unspecified atom stereocenters. The molecule has 6 heteroatoms. The van der Waals surface area contributed by atoms with E-state index >= 15 is 0 Å². The van der Waals surface area contributed by atoms with E-state index in [1.807, 2.05) is 36.4 Å². The molecule has 0 aromatic heterocycles. The summed E-state index contributed by atoms with van der Waals surface area (Å²) in [7, 11) is 0. The van der Waals surface area contributed by atoms with E-state index in [9.17, 15) is 5.21 Å². The van der Waals surface area contributed by atoms with Crippen molar-refractivity contribution < 1.29 is 24.2 Å². The minimum atomic E-state index is 0.215. The molecule has 4 rings (SSSR count). The highest BCUT2D eigenvalue weighted by molar-refractivity contribution is 6.02. The van der Waals surface area contributed by atoms with Crippen LogP contribution in [-0.4, -0.2) is 24.5 Å². The average molecular weight is 299 g/mol. The van der Waals surface area contributed by atoms with E-state index in [0.29, 0.717) is 29.4 Å². The molecule has 0 radical (unpaired) electrons. The Bertz CT molecular complexity index is 756. The zero-order valence-electron chi connectivity index (χ0n) is 11.6. The SMILES string of the molecule is O/N=C(/Cc1ccc2c(c1)OCO2)c1ccc2c(c1)OCO2. The molecule has 1 N–H and O–H groups in total. The molecule has 0 fully saturated rings. The van der Waals surface area contributed by atoms with Gasteiger partial charge in [0.2, 0.25) is 13.6 Å². The van der Waals surface area contributed by atoms with Crippen LogP contribution >= 0.6 is 0 Å². The molecule has 22 heavy (non-hydrogen) atoms. The van der Waals surface area contributed by atoms with Gasteiger partial charge in [-0.15, -0.1) is 0 Å². The predicted octanol–water partition coefficient (Wildman–Crippen LogP) is 2.57. The molecule has 2 aromatic carbocycles. The molecule has 0 spiro atoms. The molecule has 2 heterocycles. The Morgan fingerprint density at radius 1 is 0.864 bits per heavy atom. The van der Waals surface area contributed by atoms with Crippen molar-refractivity contribution in [3.63, 3.8) is 0 Å². The quantitative estimate of drug-likeness (QED) is 0.536. The molecule has 0 saturated heterocycles. The number of oxime groups is 1. The van der Waals surface area contributed by atoms with E-state index in [4.69, 9.17) is 18.9 Å². The van der Waals surface area contributed by atoms with Crippen LogP contribution in [-0.2, 0) is 6.42 Å². The van der Waals surface area contributed by atoms with Crippen molar-refractivity contribution in [1.82, 2.24) is 0 Å². The Morgan fingerprint density at radius 3 is 2.23 bits per heavy atom. The maximum absolute atomic E-state index is 9.34. The Labute approximate surface area is 126 Å². The second-order valence-electron chi connectivity index (χ2n) is 4.98. The summed E-state index contributed by atoms with van der Waals surface area (Å²) in [5, 5.41) is 12.8. The third-order valence-corrected chi connectivity index (χ3v) is 3.64. The first-order chi connectivity index (χ1) is 10.8. The van der Waals surface area contributed by atoms with Gasteiger partial charge in [0.25, 0.3) is 0 Å². The number of nitrogens with zero attached hydrogens (tertiary/aromatic N) is 1. The largest absolute Gasteiger partial charge is 0.454 e. The van der Waals surface area contributed by atoms with Gasteiger partial charge in [0.05, 0.1) is 5.71 Å². The van der Waals surface area contributed by atoms with Gasteiger partial charge in [0.1, 0.15) is 0 Å². The first-order valence-corrected chi connectivity index (χ1v) is 6.83. The van der Waals surface area contributed by atoms with Crippen LogP contribution in [0.1, 0.15) is 11.1 Å². The van der Waals surface area contributed by atoms with Crippen molar-refractivity contribution >= 4 is 5.71 Å². The lowest BCUT2D eigenvalue weighted by molar-refractivity contribution is 0.173. The fourth-order valence-electron chi connectivity index (χ4n) is 2.52.